The van der Waals surface area contributed by atoms with Gasteiger partial charge in [0.1, 0.15) is 6.04 Å². The summed E-state index contributed by atoms with van der Waals surface area (Å²) < 4.78 is 0. The molecule has 2 aromatic rings. The van der Waals surface area contributed by atoms with Crippen molar-refractivity contribution in [1.82, 2.24) is 20.1 Å². The van der Waals surface area contributed by atoms with Gasteiger partial charge in [-0.3, -0.25) is 29.6 Å². The van der Waals surface area contributed by atoms with E-state index in [2.05, 4.69) is 15.2 Å². The van der Waals surface area contributed by atoms with Gasteiger partial charge in [0.2, 0.25) is 11.8 Å². The fraction of sp³-hybridized carbons (Fsp3) is 0.462. The number of likely N-dealkylation sites (tertiary alicyclic amines) is 1. The molecule has 8 nitrogen and oxygen atoms in total. The van der Waals surface area contributed by atoms with Crippen molar-refractivity contribution in [3.63, 3.8) is 0 Å². The lowest BCUT2D eigenvalue weighted by molar-refractivity contribution is -0.136. The van der Waals surface area contributed by atoms with Gasteiger partial charge in [-0.05, 0) is 69.0 Å². The highest BCUT2D eigenvalue weighted by molar-refractivity contribution is 6.33. The smallest absolute Gasteiger partial charge is 0.255 e. The van der Waals surface area contributed by atoms with Gasteiger partial charge in [-0.15, -0.1) is 0 Å². The second-order valence-electron chi connectivity index (χ2n) is 10.2. The Morgan fingerprint density at radius 1 is 1.20 bits per heavy atom. The van der Waals surface area contributed by atoms with Crippen LogP contribution in [0.25, 0.3) is 11.3 Å². The van der Waals surface area contributed by atoms with Crippen molar-refractivity contribution in [2.75, 3.05) is 6.54 Å². The molecule has 1 unspecified atom stereocenters. The average Bonchev–Trinajstić information content (AvgIpc) is 3.40. The Labute approximate surface area is 209 Å². The Kier molecular flexibility index (Phi) is 6.15. The maximum absolute atomic E-state index is 13.0. The number of pyridine rings is 1. The zero-order chi connectivity index (χ0) is 24.9. The lowest BCUT2D eigenvalue weighted by Crippen LogP contribution is -2.52. The van der Waals surface area contributed by atoms with Gasteiger partial charge in [0.05, 0.1) is 16.3 Å². The highest BCUT2D eigenvalue weighted by atomic mass is 35.5. The lowest BCUT2D eigenvalue weighted by Gasteiger charge is -2.34. The summed E-state index contributed by atoms with van der Waals surface area (Å²) in [6, 6.07) is 6.83. The first-order valence-corrected chi connectivity index (χ1v) is 12.4. The Hall–Kier alpha value is -2.81. The molecule has 1 aromatic heterocycles. The monoisotopic (exact) mass is 496 g/mol. The number of hydrogen-bond donors (Lipinski definition) is 2. The van der Waals surface area contributed by atoms with Crippen LogP contribution in [0.5, 0.6) is 0 Å². The first-order valence-electron chi connectivity index (χ1n) is 12.0. The minimum absolute atomic E-state index is 0.0689. The van der Waals surface area contributed by atoms with Gasteiger partial charge in [0.25, 0.3) is 5.91 Å². The van der Waals surface area contributed by atoms with Crippen LogP contribution in [0.1, 0.15) is 61.0 Å². The van der Waals surface area contributed by atoms with Crippen LogP contribution in [0.15, 0.2) is 30.5 Å². The zero-order valence-corrected chi connectivity index (χ0v) is 20.6. The maximum Gasteiger partial charge on any atom is 0.255 e. The number of rotatable bonds is 5. The molecule has 0 bridgehead atoms. The highest BCUT2D eigenvalue weighted by Gasteiger charge is 2.39. The summed E-state index contributed by atoms with van der Waals surface area (Å²) in [6.45, 7) is 5.52. The number of benzene rings is 1. The minimum atomic E-state index is -0.792. The average molecular weight is 497 g/mol. The Morgan fingerprint density at radius 2 is 2.00 bits per heavy atom. The molecule has 2 fully saturated rings. The van der Waals surface area contributed by atoms with Crippen LogP contribution in [0.4, 0.5) is 0 Å². The summed E-state index contributed by atoms with van der Waals surface area (Å²) in [6.07, 6.45) is 4.27. The summed E-state index contributed by atoms with van der Waals surface area (Å²) in [5, 5.41) is 13.4. The molecule has 0 spiro atoms. The molecule has 3 aliphatic heterocycles. The fourth-order valence-electron chi connectivity index (χ4n) is 5.56. The second kappa shape index (κ2) is 9.00. The number of hydrogen-bond acceptors (Lipinski definition) is 6. The lowest BCUT2D eigenvalue weighted by atomic mass is 9.96. The third kappa shape index (κ3) is 4.46. The molecule has 1 aromatic carbocycles. The molecular formula is C26H29ClN4O4. The molecule has 184 valence electrons. The predicted octanol–water partition coefficient (Wildman–Crippen LogP) is 2.90. The highest BCUT2D eigenvalue weighted by Crippen LogP contribution is 2.36. The molecule has 9 heteroatoms. The van der Waals surface area contributed by atoms with Crippen LogP contribution in [-0.4, -0.2) is 61.8 Å². The normalized spacial score (nSPS) is 23.1. The summed E-state index contributed by atoms with van der Waals surface area (Å²) in [5.41, 5.74) is 2.94. The molecule has 0 aliphatic carbocycles. The summed E-state index contributed by atoms with van der Waals surface area (Å²) >= 11 is 6.83. The third-order valence-electron chi connectivity index (χ3n) is 7.32. The number of carbonyl (C=O) groups is 3. The van der Waals surface area contributed by atoms with E-state index in [4.69, 9.17) is 11.6 Å². The van der Waals surface area contributed by atoms with E-state index in [-0.39, 0.29) is 24.3 Å². The standard InChI is InChI=1S/C26H29ClN4O4/c1-26(2,35)20-4-3-11-30(20)13-16-9-10-28-23(22(16)27)15-5-6-18-17(12-15)14-31(25(18)34)19-7-8-21(32)29-24(19)33/h5-6,9-10,12,19-20,35H,3-4,7-8,11,13-14H2,1-2H3,(H,29,32,33)/t19?,20-/m1/s1. The fourth-order valence-corrected chi connectivity index (χ4v) is 5.84. The van der Waals surface area contributed by atoms with Crippen molar-refractivity contribution >= 4 is 29.3 Å². The van der Waals surface area contributed by atoms with E-state index in [0.717, 1.165) is 36.1 Å². The van der Waals surface area contributed by atoms with Crippen molar-refractivity contribution in [1.29, 1.82) is 0 Å². The van der Waals surface area contributed by atoms with E-state index >= 15 is 0 Å². The summed E-state index contributed by atoms with van der Waals surface area (Å²) in [5.74, 6) is -0.937. The number of imide groups is 1. The number of piperidine rings is 1. The van der Waals surface area contributed by atoms with E-state index in [1.54, 1.807) is 12.3 Å². The number of fused-ring (bicyclic) bond motifs is 1. The number of amides is 3. The largest absolute Gasteiger partial charge is 0.389 e. The van der Waals surface area contributed by atoms with Gasteiger partial charge in [-0.25, -0.2) is 0 Å². The number of nitrogens with zero attached hydrogens (tertiary/aromatic N) is 3. The van der Waals surface area contributed by atoms with Gasteiger partial charge < -0.3 is 10.0 Å². The van der Waals surface area contributed by atoms with Gasteiger partial charge in [-0.1, -0.05) is 17.7 Å². The Morgan fingerprint density at radius 3 is 2.74 bits per heavy atom. The molecule has 0 saturated carbocycles. The molecule has 3 amide bonds. The summed E-state index contributed by atoms with van der Waals surface area (Å²) in [4.78, 5) is 45.1. The van der Waals surface area contributed by atoms with Gasteiger partial charge in [0, 0.05) is 42.9 Å². The van der Waals surface area contributed by atoms with Crippen LogP contribution in [0.3, 0.4) is 0 Å². The first-order chi connectivity index (χ1) is 16.6. The molecule has 5 rings (SSSR count). The van der Waals surface area contributed by atoms with E-state index in [9.17, 15) is 19.5 Å². The Balaban J connectivity index is 1.39. The number of halogens is 1. The van der Waals surface area contributed by atoms with E-state index in [0.29, 0.717) is 35.8 Å². The molecule has 2 N–H and O–H groups in total. The van der Waals surface area contributed by atoms with Crippen LogP contribution in [-0.2, 0) is 22.7 Å². The van der Waals surface area contributed by atoms with E-state index in [1.165, 1.54) is 4.90 Å². The number of nitrogens with one attached hydrogen (secondary N) is 1. The number of carbonyl (C=O) groups excluding carboxylic acids is 3. The van der Waals surface area contributed by atoms with Crippen LogP contribution in [0, 0.1) is 0 Å². The van der Waals surface area contributed by atoms with Crippen molar-refractivity contribution in [2.45, 2.75) is 70.3 Å². The molecule has 4 heterocycles. The minimum Gasteiger partial charge on any atom is -0.389 e. The van der Waals surface area contributed by atoms with Crippen molar-refractivity contribution in [2.24, 2.45) is 0 Å². The van der Waals surface area contributed by atoms with Crippen LogP contribution in [0.2, 0.25) is 5.02 Å². The number of aromatic nitrogens is 1. The molecule has 3 aliphatic rings. The third-order valence-corrected chi connectivity index (χ3v) is 7.74. The summed E-state index contributed by atoms with van der Waals surface area (Å²) in [7, 11) is 0. The molecule has 2 atom stereocenters. The molecule has 35 heavy (non-hydrogen) atoms. The maximum atomic E-state index is 13.0. The molecule has 2 saturated heterocycles. The topological polar surface area (TPSA) is 103 Å². The van der Waals surface area contributed by atoms with Gasteiger partial charge in [-0.2, -0.15) is 0 Å². The van der Waals surface area contributed by atoms with Gasteiger partial charge >= 0.3 is 0 Å². The number of aliphatic hydroxyl groups is 1. The van der Waals surface area contributed by atoms with Crippen molar-refractivity contribution < 1.29 is 19.5 Å². The quantitative estimate of drug-likeness (QED) is 0.617. The zero-order valence-electron chi connectivity index (χ0n) is 19.9. The Bertz CT molecular complexity index is 1210. The van der Waals surface area contributed by atoms with Crippen LogP contribution >= 0.6 is 11.6 Å². The molecular weight excluding hydrogens is 468 g/mol. The predicted molar refractivity (Wildman–Crippen MR) is 130 cm³/mol. The van der Waals surface area contributed by atoms with Crippen LogP contribution < -0.4 is 5.32 Å². The van der Waals surface area contributed by atoms with E-state index < -0.39 is 17.6 Å². The molecule has 0 radical (unpaired) electrons. The van der Waals surface area contributed by atoms with Crippen molar-refractivity contribution in [3.8, 4) is 11.3 Å². The first kappa shape index (κ1) is 23.9. The van der Waals surface area contributed by atoms with Gasteiger partial charge in [0.15, 0.2) is 0 Å². The SMILES string of the molecule is CC(C)(O)[C@H]1CCCN1Cc1ccnc(-c2ccc3c(c2)CN(C2CCC(=O)NC2=O)C3=O)c1Cl. The van der Waals surface area contributed by atoms with Crippen molar-refractivity contribution in [3.05, 3.63) is 52.2 Å². The second-order valence-corrected chi connectivity index (χ2v) is 10.6. The van der Waals surface area contributed by atoms with E-state index in [1.807, 2.05) is 32.0 Å².